The molecule has 0 aromatic heterocycles. The van der Waals surface area contributed by atoms with Crippen LogP contribution in [0, 0.1) is 0 Å². The molecule has 1 aliphatic rings. The van der Waals surface area contributed by atoms with E-state index in [0.717, 1.165) is 6.54 Å². The first-order valence-electron chi connectivity index (χ1n) is 3.06. The third kappa shape index (κ3) is 1.23. The van der Waals surface area contributed by atoms with Crippen LogP contribution in [-0.2, 0) is 0 Å². The average Bonchev–Trinajstić information content (AvgIpc) is 2.13. The van der Waals surface area contributed by atoms with Crippen LogP contribution in [0.1, 0.15) is 6.92 Å². The molecule has 3 nitrogen and oxygen atoms in total. The topological polar surface area (TPSA) is 26.7 Å². The zero-order chi connectivity index (χ0) is 6.85. The lowest BCUT2D eigenvalue weighted by atomic mass is 10.6. The maximum Gasteiger partial charge on any atom is 0.137 e. The molecule has 3 heteroatoms. The number of hydrogen-bond acceptors (Lipinski definition) is 3. The fraction of sp³-hybridized carbons (Fsp3) is 0.667. The van der Waals surface area contributed by atoms with E-state index in [9.17, 15) is 0 Å². The van der Waals surface area contributed by atoms with Gasteiger partial charge in [0, 0.05) is 19.8 Å². The van der Waals surface area contributed by atoms with Crippen molar-refractivity contribution in [1.82, 2.24) is 10.0 Å². The van der Waals surface area contributed by atoms with Crippen molar-refractivity contribution in [2.75, 3.05) is 13.6 Å². The van der Waals surface area contributed by atoms with E-state index in [4.69, 9.17) is 5.11 Å². The van der Waals surface area contributed by atoms with Gasteiger partial charge in [0.25, 0.3) is 0 Å². The molecule has 1 aliphatic heterocycles. The van der Waals surface area contributed by atoms with Gasteiger partial charge in [0.2, 0.25) is 0 Å². The van der Waals surface area contributed by atoms with Crippen molar-refractivity contribution in [2.45, 2.75) is 13.2 Å². The van der Waals surface area contributed by atoms with Gasteiger partial charge in [-0.1, -0.05) is 6.08 Å². The highest BCUT2D eigenvalue weighted by Crippen LogP contribution is 2.06. The van der Waals surface area contributed by atoms with Crippen molar-refractivity contribution in [2.24, 2.45) is 0 Å². The molecular formula is C6H12N2O. The molecule has 52 valence electrons. The predicted molar refractivity (Wildman–Crippen MR) is 35.3 cm³/mol. The highest BCUT2D eigenvalue weighted by atomic mass is 16.3. The molecule has 1 atom stereocenters. The minimum absolute atomic E-state index is 0.409. The number of hydrazine groups is 1. The summed E-state index contributed by atoms with van der Waals surface area (Å²) in [6.07, 6.45) is 3.48. The summed E-state index contributed by atoms with van der Waals surface area (Å²) in [5, 5.41) is 12.8. The van der Waals surface area contributed by atoms with Gasteiger partial charge in [-0.25, -0.2) is 5.01 Å². The number of aliphatic hydroxyl groups is 1. The van der Waals surface area contributed by atoms with Crippen LogP contribution >= 0.6 is 0 Å². The average molecular weight is 128 g/mol. The second kappa shape index (κ2) is 2.37. The fourth-order valence-electron chi connectivity index (χ4n) is 0.926. The summed E-state index contributed by atoms with van der Waals surface area (Å²) in [4.78, 5) is 0. The Kier molecular flexibility index (Phi) is 1.73. The number of aliphatic hydroxyl groups excluding tert-OH is 1. The molecule has 0 amide bonds. The van der Waals surface area contributed by atoms with Crippen LogP contribution in [0.25, 0.3) is 0 Å². The van der Waals surface area contributed by atoms with Gasteiger partial charge in [0.05, 0.1) is 0 Å². The fourth-order valence-corrected chi connectivity index (χ4v) is 0.926. The van der Waals surface area contributed by atoms with Gasteiger partial charge in [-0.3, -0.25) is 5.01 Å². The standard InChI is InChI=1S/C6H12N2O/c1-6(9)8-5-3-4-7(8)2/h3,5-6,9H,4H2,1-2H3. The molecule has 1 heterocycles. The van der Waals surface area contributed by atoms with E-state index < -0.39 is 6.23 Å². The zero-order valence-electron chi connectivity index (χ0n) is 5.78. The van der Waals surface area contributed by atoms with Crippen LogP contribution in [-0.4, -0.2) is 34.9 Å². The molecule has 0 fully saturated rings. The van der Waals surface area contributed by atoms with Gasteiger partial charge in [0.1, 0.15) is 6.23 Å². The Morgan fingerprint density at radius 3 is 2.56 bits per heavy atom. The molecule has 0 aromatic rings. The molecular weight excluding hydrogens is 116 g/mol. The molecule has 0 radical (unpaired) electrons. The number of likely N-dealkylation sites (N-methyl/N-ethyl adjacent to an activating group) is 1. The Hall–Kier alpha value is -0.540. The van der Waals surface area contributed by atoms with Gasteiger partial charge in [0.15, 0.2) is 0 Å². The van der Waals surface area contributed by atoms with Crippen LogP contribution in [0.5, 0.6) is 0 Å². The van der Waals surface area contributed by atoms with E-state index in [1.165, 1.54) is 0 Å². The van der Waals surface area contributed by atoms with Crippen molar-refractivity contribution in [3.05, 3.63) is 12.3 Å². The normalized spacial score (nSPS) is 23.2. The Morgan fingerprint density at radius 2 is 2.33 bits per heavy atom. The Morgan fingerprint density at radius 1 is 1.67 bits per heavy atom. The van der Waals surface area contributed by atoms with E-state index in [-0.39, 0.29) is 0 Å². The lowest BCUT2D eigenvalue weighted by Gasteiger charge is -2.27. The van der Waals surface area contributed by atoms with Crippen molar-refractivity contribution < 1.29 is 5.11 Å². The molecule has 0 aromatic carbocycles. The zero-order valence-corrected chi connectivity index (χ0v) is 5.78. The molecule has 0 saturated carbocycles. The van der Waals surface area contributed by atoms with Gasteiger partial charge >= 0.3 is 0 Å². The SMILES string of the molecule is CC(O)N1C=CCN1C. The molecule has 1 rings (SSSR count). The summed E-state index contributed by atoms with van der Waals surface area (Å²) < 4.78 is 0. The second-order valence-electron chi connectivity index (χ2n) is 2.24. The van der Waals surface area contributed by atoms with E-state index in [1.807, 2.05) is 24.3 Å². The van der Waals surface area contributed by atoms with E-state index >= 15 is 0 Å². The van der Waals surface area contributed by atoms with Crippen molar-refractivity contribution >= 4 is 0 Å². The summed E-state index contributed by atoms with van der Waals surface area (Å²) in [6.45, 7) is 2.64. The number of nitrogens with zero attached hydrogens (tertiary/aromatic N) is 2. The highest BCUT2D eigenvalue weighted by Gasteiger charge is 2.14. The minimum Gasteiger partial charge on any atom is -0.373 e. The van der Waals surface area contributed by atoms with Crippen molar-refractivity contribution in [3.63, 3.8) is 0 Å². The first kappa shape index (κ1) is 6.58. The summed E-state index contributed by atoms with van der Waals surface area (Å²) in [7, 11) is 1.94. The van der Waals surface area contributed by atoms with Crippen LogP contribution in [0.4, 0.5) is 0 Å². The van der Waals surface area contributed by atoms with Crippen molar-refractivity contribution in [3.8, 4) is 0 Å². The van der Waals surface area contributed by atoms with Gasteiger partial charge < -0.3 is 5.11 Å². The van der Waals surface area contributed by atoms with Crippen LogP contribution in [0.3, 0.4) is 0 Å². The monoisotopic (exact) mass is 128 g/mol. The number of hydrogen-bond donors (Lipinski definition) is 1. The Bertz CT molecular complexity index is 122. The molecule has 1 N–H and O–H groups in total. The van der Waals surface area contributed by atoms with E-state index in [0.29, 0.717) is 0 Å². The van der Waals surface area contributed by atoms with Crippen molar-refractivity contribution in [1.29, 1.82) is 0 Å². The van der Waals surface area contributed by atoms with E-state index in [1.54, 1.807) is 11.9 Å². The molecule has 9 heavy (non-hydrogen) atoms. The molecule has 0 aliphatic carbocycles. The summed E-state index contributed by atoms with van der Waals surface area (Å²) in [6, 6.07) is 0. The van der Waals surface area contributed by atoms with E-state index in [2.05, 4.69) is 0 Å². The second-order valence-corrected chi connectivity index (χ2v) is 2.24. The predicted octanol–water partition coefficient (Wildman–Crippen LogP) is 0.000800. The third-order valence-electron chi connectivity index (χ3n) is 1.40. The third-order valence-corrected chi connectivity index (χ3v) is 1.40. The van der Waals surface area contributed by atoms with Gasteiger partial charge in [-0.15, -0.1) is 0 Å². The molecule has 0 spiro atoms. The molecule has 1 unspecified atom stereocenters. The van der Waals surface area contributed by atoms with Gasteiger partial charge in [-0.2, -0.15) is 0 Å². The Balaban J connectivity index is 2.49. The van der Waals surface area contributed by atoms with Crippen LogP contribution in [0.15, 0.2) is 12.3 Å². The maximum absolute atomic E-state index is 9.06. The smallest absolute Gasteiger partial charge is 0.137 e. The largest absolute Gasteiger partial charge is 0.373 e. The lowest BCUT2D eigenvalue weighted by Crippen LogP contribution is -2.37. The summed E-state index contributed by atoms with van der Waals surface area (Å²) >= 11 is 0. The highest BCUT2D eigenvalue weighted by molar-refractivity contribution is 4.90. The minimum atomic E-state index is -0.409. The first-order valence-corrected chi connectivity index (χ1v) is 3.06. The maximum atomic E-state index is 9.06. The molecule has 0 saturated heterocycles. The van der Waals surface area contributed by atoms with Crippen LogP contribution in [0.2, 0.25) is 0 Å². The van der Waals surface area contributed by atoms with Crippen LogP contribution < -0.4 is 0 Å². The summed E-state index contributed by atoms with van der Waals surface area (Å²) in [5.41, 5.74) is 0. The molecule has 0 bridgehead atoms. The lowest BCUT2D eigenvalue weighted by molar-refractivity contribution is -0.0628. The van der Waals surface area contributed by atoms with Gasteiger partial charge in [-0.05, 0) is 6.92 Å². The first-order chi connectivity index (χ1) is 4.22. The quantitative estimate of drug-likeness (QED) is 0.538. The Labute approximate surface area is 55.2 Å². The number of rotatable bonds is 1. The summed E-state index contributed by atoms with van der Waals surface area (Å²) in [5.74, 6) is 0.